The molecule has 2 rings (SSSR count). The van der Waals surface area contributed by atoms with Crippen LogP contribution in [-0.4, -0.2) is 5.91 Å². The lowest BCUT2D eigenvalue weighted by Crippen LogP contribution is -2.15. The van der Waals surface area contributed by atoms with Crippen molar-refractivity contribution >= 4 is 17.3 Å². The van der Waals surface area contributed by atoms with Gasteiger partial charge in [0.1, 0.15) is 5.82 Å². The van der Waals surface area contributed by atoms with Gasteiger partial charge in [0.15, 0.2) is 0 Å². The third-order valence-corrected chi connectivity index (χ3v) is 2.77. The highest BCUT2D eigenvalue weighted by molar-refractivity contribution is 6.07. The molecule has 0 aliphatic carbocycles. The molecular weight excluding hydrogens is 288 g/mol. The Morgan fingerprint density at radius 3 is 2.24 bits per heavy atom. The number of amides is 1. The largest absolute Gasteiger partial charge is 0.416 e. The topological polar surface area (TPSA) is 55.1 Å². The van der Waals surface area contributed by atoms with Gasteiger partial charge < -0.3 is 11.1 Å². The second-order valence-corrected chi connectivity index (χ2v) is 4.23. The van der Waals surface area contributed by atoms with Crippen LogP contribution in [0.2, 0.25) is 0 Å². The number of halogens is 4. The van der Waals surface area contributed by atoms with E-state index in [4.69, 9.17) is 5.73 Å². The fraction of sp³-hybridized carbons (Fsp3) is 0.0714. The lowest BCUT2D eigenvalue weighted by Gasteiger charge is -2.10. The maximum atomic E-state index is 13.2. The zero-order valence-corrected chi connectivity index (χ0v) is 10.5. The molecule has 21 heavy (non-hydrogen) atoms. The van der Waals surface area contributed by atoms with Crippen molar-refractivity contribution in [1.29, 1.82) is 0 Å². The Morgan fingerprint density at radius 1 is 1.05 bits per heavy atom. The number of para-hydroxylation sites is 1. The lowest BCUT2D eigenvalue weighted by molar-refractivity contribution is -0.137. The first kappa shape index (κ1) is 14.8. The molecule has 0 radical (unpaired) electrons. The Balaban J connectivity index is 2.18. The van der Waals surface area contributed by atoms with Crippen molar-refractivity contribution in [3.63, 3.8) is 0 Å². The maximum absolute atomic E-state index is 13.2. The molecule has 3 nitrogen and oxygen atoms in total. The Kier molecular flexibility index (Phi) is 3.84. The number of hydrogen-bond donors (Lipinski definition) is 2. The minimum absolute atomic E-state index is 0.0881. The highest BCUT2D eigenvalue weighted by Crippen LogP contribution is 2.30. The van der Waals surface area contributed by atoms with E-state index >= 15 is 0 Å². The Labute approximate surface area is 117 Å². The van der Waals surface area contributed by atoms with Gasteiger partial charge in [-0.3, -0.25) is 4.79 Å². The number of alkyl halides is 3. The molecule has 0 aromatic heterocycles. The first-order valence-corrected chi connectivity index (χ1v) is 5.81. The highest BCUT2D eigenvalue weighted by Gasteiger charge is 2.30. The Bertz CT molecular complexity index is 666. The number of carbonyl (C=O) groups is 1. The van der Waals surface area contributed by atoms with E-state index in [1.54, 1.807) is 0 Å². The van der Waals surface area contributed by atoms with Crippen molar-refractivity contribution in [2.24, 2.45) is 0 Å². The van der Waals surface area contributed by atoms with Crippen LogP contribution in [0.3, 0.4) is 0 Å². The SMILES string of the molecule is Nc1c(F)cccc1C(=O)Nc1ccc(C(F)(F)F)cc1. The third kappa shape index (κ3) is 3.31. The summed E-state index contributed by atoms with van der Waals surface area (Å²) in [7, 11) is 0. The Morgan fingerprint density at radius 2 is 1.67 bits per heavy atom. The van der Waals surface area contributed by atoms with Crippen LogP contribution in [0.15, 0.2) is 42.5 Å². The van der Waals surface area contributed by atoms with Crippen LogP contribution in [-0.2, 0) is 6.18 Å². The van der Waals surface area contributed by atoms with Crippen molar-refractivity contribution in [2.45, 2.75) is 6.18 Å². The first-order chi connectivity index (χ1) is 9.79. The molecule has 0 bridgehead atoms. The second kappa shape index (κ2) is 5.43. The summed E-state index contributed by atoms with van der Waals surface area (Å²) < 4.78 is 50.4. The minimum atomic E-state index is -4.45. The molecule has 0 atom stereocenters. The van der Waals surface area contributed by atoms with Gasteiger partial charge in [0.2, 0.25) is 0 Å². The number of nitrogens with one attached hydrogen (secondary N) is 1. The maximum Gasteiger partial charge on any atom is 0.416 e. The summed E-state index contributed by atoms with van der Waals surface area (Å²) in [6, 6.07) is 7.62. The van der Waals surface area contributed by atoms with Gasteiger partial charge in [0.05, 0.1) is 16.8 Å². The molecule has 0 fully saturated rings. The summed E-state index contributed by atoms with van der Waals surface area (Å²) in [5.41, 5.74) is 4.35. The number of nitrogen functional groups attached to an aromatic ring is 1. The second-order valence-electron chi connectivity index (χ2n) is 4.23. The number of nitrogens with two attached hydrogens (primary N) is 1. The molecule has 0 saturated carbocycles. The predicted molar refractivity (Wildman–Crippen MR) is 70.2 cm³/mol. The summed E-state index contributed by atoms with van der Waals surface area (Å²) in [5.74, 6) is -1.44. The number of anilines is 2. The van der Waals surface area contributed by atoms with E-state index in [9.17, 15) is 22.4 Å². The van der Waals surface area contributed by atoms with Gasteiger partial charge in [0, 0.05) is 5.69 Å². The van der Waals surface area contributed by atoms with E-state index < -0.39 is 23.5 Å². The van der Waals surface area contributed by atoms with E-state index in [0.717, 1.165) is 30.3 Å². The zero-order chi connectivity index (χ0) is 15.6. The van der Waals surface area contributed by atoms with Gasteiger partial charge in [-0.1, -0.05) is 6.07 Å². The van der Waals surface area contributed by atoms with Crippen molar-refractivity contribution in [3.8, 4) is 0 Å². The summed E-state index contributed by atoms with van der Waals surface area (Å²) in [5, 5.41) is 2.35. The van der Waals surface area contributed by atoms with E-state index in [1.807, 2.05) is 0 Å². The van der Waals surface area contributed by atoms with Gasteiger partial charge in [-0.2, -0.15) is 13.2 Å². The third-order valence-electron chi connectivity index (χ3n) is 2.77. The standard InChI is InChI=1S/C14H10F4N2O/c15-11-3-1-2-10(12(11)19)13(21)20-9-6-4-8(5-7-9)14(16,17)18/h1-7H,19H2,(H,20,21). The van der Waals surface area contributed by atoms with Crippen LogP contribution in [0.1, 0.15) is 15.9 Å². The zero-order valence-electron chi connectivity index (χ0n) is 10.5. The average Bonchev–Trinajstić information content (AvgIpc) is 2.41. The molecule has 0 aliphatic heterocycles. The number of rotatable bonds is 2. The Hall–Kier alpha value is -2.57. The molecule has 0 heterocycles. The van der Waals surface area contributed by atoms with Gasteiger partial charge in [0.25, 0.3) is 5.91 Å². The molecule has 0 unspecified atom stereocenters. The monoisotopic (exact) mass is 298 g/mol. The normalized spacial score (nSPS) is 11.2. The molecule has 0 aliphatic rings. The smallest absolute Gasteiger partial charge is 0.396 e. The fourth-order valence-corrected chi connectivity index (χ4v) is 1.68. The van der Waals surface area contributed by atoms with E-state index in [2.05, 4.69) is 5.32 Å². The fourth-order valence-electron chi connectivity index (χ4n) is 1.68. The van der Waals surface area contributed by atoms with Crippen LogP contribution in [0.4, 0.5) is 28.9 Å². The van der Waals surface area contributed by atoms with E-state index in [0.29, 0.717) is 0 Å². The summed E-state index contributed by atoms with van der Waals surface area (Å²) in [6.07, 6.45) is -4.45. The highest BCUT2D eigenvalue weighted by atomic mass is 19.4. The molecule has 0 spiro atoms. The number of carbonyl (C=O) groups excluding carboxylic acids is 1. The molecule has 110 valence electrons. The summed E-state index contributed by atoms with van der Waals surface area (Å²) in [4.78, 5) is 11.9. The minimum Gasteiger partial charge on any atom is -0.396 e. The van der Waals surface area contributed by atoms with Crippen molar-refractivity contribution < 1.29 is 22.4 Å². The molecule has 0 saturated heterocycles. The quantitative estimate of drug-likeness (QED) is 0.656. The van der Waals surface area contributed by atoms with Crippen LogP contribution >= 0.6 is 0 Å². The first-order valence-electron chi connectivity index (χ1n) is 5.81. The molecule has 7 heteroatoms. The van der Waals surface area contributed by atoms with Gasteiger partial charge in [-0.05, 0) is 36.4 Å². The van der Waals surface area contributed by atoms with E-state index in [1.165, 1.54) is 12.1 Å². The van der Waals surface area contributed by atoms with Crippen LogP contribution in [0.5, 0.6) is 0 Å². The van der Waals surface area contributed by atoms with Crippen LogP contribution < -0.4 is 11.1 Å². The van der Waals surface area contributed by atoms with Crippen molar-refractivity contribution in [2.75, 3.05) is 11.1 Å². The van der Waals surface area contributed by atoms with E-state index in [-0.39, 0.29) is 16.9 Å². The molecule has 3 N–H and O–H groups in total. The number of benzene rings is 2. The van der Waals surface area contributed by atoms with Crippen LogP contribution in [0, 0.1) is 5.82 Å². The van der Waals surface area contributed by atoms with Gasteiger partial charge in [-0.15, -0.1) is 0 Å². The molecule has 2 aromatic rings. The summed E-state index contributed by atoms with van der Waals surface area (Å²) in [6.45, 7) is 0. The van der Waals surface area contributed by atoms with Crippen LogP contribution in [0.25, 0.3) is 0 Å². The van der Waals surface area contributed by atoms with Gasteiger partial charge in [-0.25, -0.2) is 4.39 Å². The summed E-state index contributed by atoms with van der Waals surface area (Å²) >= 11 is 0. The van der Waals surface area contributed by atoms with Crippen molar-refractivity contribution in [1.82, 2.24) is 0 Å². The number of hydrogen-bond acceptors (Lipinski definition) is 2. The average molecular weight is 298 g/mol. The van der Waals surface area contributed by atoms with Crippen molar-refractivity contribution in [3.05, 3.63) is 59.4 Å². The van der Waals surface area contributed by atoms with Gasteiger partial charge >= 0.3 is 6.18 Å². The lowest BCUT2D eigenvalue weighted by atomic mass is 10.1. The molecule has 1 amide bonds. The predicted octanol–water partition coefficient (Wildman–Crippen LogP) is 3.68. The molecule has 2 aromatic carbocycles. The molecular formula is C14H10F4N2O.